The topological polar surface area (TPSA) is 9.23 Å². The van der Waals surface area contributed by atoms with Crippen LogP contribution in [0.1, 0.15) is 56.6 Å². The lowest BCUT2D eigenvalue weighted by molar-refractivity contribution is 0.305. The highest BCUT2D eigenvalue weighted by Gasteiger charge is 2.06. The van der Waals surface area contributed by atoms with Gasteiger partial charge < -0.3 is 4.74 Å². The maximum absolute atomic E-state index is 5.80. The summed E-state index contributed by atoms with van der Waals surface area (Å²) in [6.45, 7) is 5.35. The molecule has 0 aliphatic rings. The Morgan fingerprint density at radius 1 is 0.864 bits per heavy atom. The number of ether oxygens (including phenoxy) is 1. The molecular weight excluding hydrogens is 268 g/mol. The zero-order valence-electron chi connectivity index (χ0n) is 13.9. The number of benzene rings is 2. The van der Waals surface area contributed by atoms with E-state index in [1.165, 1.54) is 30.4 Å². The van der Waals surface area contributed by atoms with Gasteiger partial charge in [0.05, 0.1) is 6.61 Å². The Morgan fingerprint density at radius 2 is 1.59 bits per heavy atom. The molecule has 1 atom stereocenters. The Hall–Kier alpha value is -1.76. The molecule has 0 bridgehead atoms. The van der Waals surface area contributed by atoms with Crippen molar-refractivity contribution < 1.29 is 4.74 Å². The van der Waals surface area contributed by atoms with E-state index in [1.807, 2.05) is 0 Å². The van der Waals surface area contributed by atoms with Crippen LogP contribution in [-0.4, -0.2) is 6.61 Å². The van der Waals surface area contributed by atoms with Crippen LogP contribution in [0.5, 0.6) is 5.75 Å². The van der Waals surface area contributed by atoms with Gasteiger partial charge in [0.2, 0.25) is 0 Å². The number of hydrogen-bond donors (Lipinski definition) is 0. The predicted molar refractivity (Wildman–Crippen MR) is 94.6 cm³/mol. The van der Waals surface area contributed by atoms with Crippen LogP contribution in [0.3, 0.4) is 0 Å². The minimum absolute atomic E-state index is 0.544. The van der Waals surface area contributed by atoms with Crippen LogP contribution in [0.15, 0.2) is 54.6 Å². The van der Waals surface area contributed by atoms with Gasteiger partial charge in [0.25, 0.3) is 0 Å². The molecule has 2 aromatic carbocycles. The molecule has 0 fully saturated rings. The quantitative estimate of drug-likeness (QED) is 0.516. The lowest BCUT2D eigenvalue weighted by Crippen LogP contribution is -1.99. The summed E-state index contributed by atoms with van der Waals surface area (Å²) >= 11 is 0. The van der Waals surface area contributed by atoms with E-state index in [9.17, 15) is 0 Å². The third-order valence-corrected chi connectivity index (χ3v) is 4.10. The molecule has 0 saturated carbocycles. The first kappa shape index (κ1) is 16.6. The summed E-state index contributed by atoms with van der Waals surface area (Å²) < 4.78 is 5.80. The van der Waals surface area contributed by atoms with Gasteiger partial charge >= 0.3 is 0 Å². The molecule has 0 aliphatic carbocycles. The highest BCUT2D eigenvalue weighted by molar-refractivity contribution is 5.29. The van der Waals surface area contributed by atoms with Crippen molar-refractivity contribution in [3.8, 4) is 5.75 Å². The Balaban J connectivity index is 1.79. The van der Waals surface area contributed by atoms with Gasteiger partial charge in [-0.3, -0.25) is 0 Å². The van der Waals surface area contributed by atoms with Crippen LogP contribution in [0, 0.1) is 0 Å². The molecule has 0 radical (unpaired) electrons. The lowest BCUT2D eigenvalue weighted by Gasteiger charge is -2.12. The molecule has 1 nitrogen and oxygen atoms in total. The molecule has 0 heterocycles. The van der Waals surface area contributed by atoms with Crippen molar-refractivity contribution in [2.45, 2.75) is 51.9 Å². The number of unbranched alkanes of at least 4 members (excludes halogenated alkanes) is 3. The molecule has 0 aliphatic heterocycles. The fourth-order valence-electron chi connectivity index (χ4n) is 2.69. The van der Waals surface area contributed by atoms with E-state index in [0.29, 0.717) is 5.92 Å². The van der Waals surface area contributed by atoms with Gasteiger partial charge in [-0.2, -0.15) is 0 Å². The number of rotatable bonds is 9. The molecule has 0 unspecified atom stereocenters. The summed E-state index contributed by atoms with van der Waals surface area (Å²) in [6, 6.07) is 19.3. The van der Waals surface area contributed by atoms with Gasteiger partial charge in [0.1, 0.15) is 5.75 Å². The first-order valence-electron chi connectivity index (χ1n) is 8.56. The van der Waals surface area contributed by atoms with E-state index in [2.05, 4.69) is 68.4 Å². The summed E-state index contributed by atoms with van der Waals surface area (Å²) in [5.41, 5.74) is 2.77. The smallest absolute Gasteiger partial charge is 0.119 e. The molecule has 2 rings (SSSR count). The summed E-state index contributed by atoms with van der Waals surface area (Å²) in [5.74, 6) is 1.54. The van der Waals surface area contributed by atoms with Crippen molar-refractivity contribution in [2.75, 3.05) is 6.61 Å². The molecule has 0 aromatic heterocycles. The van der Waals surface area contributed by atoms with Crippen LogP contribution in [0.25, 0.3) is 0 Å². The van der Waals surface area contributed by atoms with Crippen LogP contribution in [0.2, 0.25) is 0 Å². The highest BCUT2D eigenvalue weighted by atomic mass is 16.5. The van der Waals surface area contributed by atoms with E-state index in [0.717, 1.165) is 25.2 Å². The lowest BCUT2D eigenvalue weighted by atomic mass is 9.94. The van der Waals surface area contributed by atoms with Crippen molar-refractivity contribution in [2.24, 2.45) is 0 Å². The van der Waals surface area contributed by atoms with Crippen molar-refractivity contribution in [1.29, 1.82) is 0 Å². The van der Waals surface area contributed by atoms with Crippen LogP contribution in [0.4, 0.5) is 0 Å². The van der Waals surface area contributed by atoms with Gasteiger partial charge in [-0.1, -0.05) is 75.6 Å². The summed E-state index contributed by atoms with van der Waals surface area (Å²) in [6.07, 6.45) is 6.07. The molecule has 0 amide bonds. The molecule has 0 saturated heterocycles. The van der Waals surface area contributed by atoms with E-state index in [4.69, 9.17) is 4.74 Å². The predicted octanol–water partition coefficient (Wildman–Crippen LogP) is 5.99. The maximum atomic E-state index is 5.80. The van der Waals surface area contributed by atoms with E-state index in [-0.39, 0.29) is 0 Å². The van der Waals surface area contributed by atoms with Crippen LogP contribution < -0.4 is 4.74 Å². The monoisotopic (exact) mass is 296 g/mol. The van der Waals surface area contributed by atoms with Gasteiger partial charge in [0, 0.05) is 0 Å². The van der Waals surface area contributed by atoms with E-state index >= 15 is 0 Å². The van der Waals surface area contributed by atoms with Gasteiger partial charge in [-0.15, -0.1) is 0 Å². The third-order valence-electron chi connectivity index (χ3n) is 4.10. The number of hydrogen-bond acceptors (Lipinski definition) is 1. The average Bonchev–Trinajstić information content (AvgIpc) is 2.57. The SMILES string of the molecule is CCCCCCOc1ccc(C[C@@H](C)c2ccccc2)cc1. The second-order valence-electron chi connectivity index (χ2n) is 6.07. The molecule has 118 valence electrons. The minimum Gasteiger partial charge on any atom is -0.494 e. The summed E-state index contributed by atoms with van der Waals surface area (Å²) in [4.78, 5) is 0. The molecular formula is C21H28O. The van der Waals surface area contributed by atoms with Crippen LogP contribution >= 0.6 is 0 Å². The van der Waals surface area contributed by atoms with Crippen molar-refractivity contribution >= 4 is 0 Å². The van der Waals surface area contributed by atoms with Crippen LogP contribution in [-0.2, 0) is 6.42 Å². The van der Waals surface area contributed by atoms with Gasteiger partial charge in [0.15, 0.2) is 0 Å². The Labute approximate surface area is 135 Å². The molecule has 1 heteroatoms. The summed E-state index contributed by atoms with van der Waals surface area (Å²) in [5, 5.41) is 0. The fraction of sp³-hybridized carbons (Fsp3) is 0.429. The largest absolute Gasteiger partial charge is 0.494 e. The normalized spacial score (nSPS) is 12.1. The van der Waals surface area contributed by atoms with Crippen molar-refractivity contribution in [1.82, 2.24) is 0 Å². The molecule has 0 N–H and O–H groups in total. The fourth-order valence-corrected chi connectivity index (χ4v) is 2.69. The third kappa shape index (κ3) is 5.55. The second-order valence-corrected chi connectivity index (χ2v) is 6.07. The Bertz CT molecular complexity index is 515. The molecule has 22 heavy (non-hydrogen) atoms. The van der Waals surface area contributed by atoms with E-state index in [1.54, 1.807) is 0 Å². The van der Waals surface area contributed by atoms with Crippen molar-refractivity contribution in [3.63, 3.8) is 0 Å². The highest BCUT2D eigenvalue weighted by Crippen LogP contribution is 2.21. The first-order chi connectivity index (χ1) is 10.8. The average molecular weight is 296 g/mol. The summed E-state index contributed by atoms with van der Waals surface area (Å²) in [7, 11) is 0. The second kappa shape index (κ2) is 9.30. The maximum Gasteiger partial charge on any atom is 0.119 e. The molecule has 0 spiro atoms. The van der Waals surface area contributed by atoms with Crippen molar-refractivity contribution in [3.05, 3.63) is 65.7 Å². The zero-order valence-corrected chi connectivity index (χ0v) is 13.9. The Kier molecular flexibility index (Phi) is 7.02. The molecule has 2 aromatic rings. The van der Waals surface area contributed by atoms with E-state index < -0.39 is 0 Å². The minimum atomic E-state index is 0.544. The zero-order chi connectivity index (χ0) is 15.6. The first-order valence-corrected chi connectivity index (χ1v) is 8.56. The van der Waals surface area contributed by atoms with Gasteiger partial charge in [-0.25, -0.2) is 0 Å². The standard InChI is InChI=1S/C21H28O/c1-3-4-5-9-16-22-21-14-12-19(13-15-21)17-18(2)20-10-7-6-8-11-20/h6-8,10-15,18H,3-5,9,16-17H2,1-2H3/t18-/m1/s1. The Morgan fingerprint density at radius 3 is 2.27 bits per heavy atom. The van der Waals surface area contributed by atoms with Gasteiger partial charge in [-0.05, 0) is 42.0 Å².